The van der Waals surface area contributed by atoms with Crippen molar-refractivity contribution >= 4 is 11.8 Å². The number of hydrogen-bond acceptors (Lipinski definition) is 4. The standard InChI is InChI=1S/C22H31N5O/c1-4-18-7-9-19(10-8-18)17-26(3)22(23-2)25-16-20-6-5-11-24-21(20)27-12-14-28-15-13-27/h5-11H,4,12-17H2,1-3H3,(H,23,25). The van der Waals surface area contributed by atoms with Gasteiger partial charge < -0.3 is 19.9 Å². The van der Waals surface area contributed by atoms with Gasteiger partial charge in [0.1, 0.15) is 5.82 Å². The molecule has 0 aliphatic carbocycles. The minimum absolute atomic E-state index is 0.687. The van der Waals surface area contributed by atoms with Crippen LogP contribution in [0.4, 0.5) is 5.82 Å². The van der Waals surface area contributed by atoms with E-state index in [1.807, 2.05) is 19.3 Å². The number of aliphatic imine (C=N–C) groups is 1. The van der Waals surface area contributed by atoms with Gasteiger partial charge in [0.25, 0.3) is 0 Å². The maximum absolute atomic E-state index is 5.47. The Kier molecular flexibility index (Phi) is 7.25. The molecule has 0 unspecified atom stereocenters. The Bertz CT molecular complexity index is 769. The Labute approximate surface area is 168 Å². The van der Waals surface area contributed by atoms with Crippen LogP contribution in [0, 0.1) is 0 Å². The molecule has 0 bridgehead atoms. The van der Waals surface area contributed by atoms with Crippen LogP contribution in [0.3, 0.4) is 0 Å². The zero-order chi connectivity index (χ0) is 19.8. The summed E-state index contributed by atoms with van der Waals surface area (Å²) in [6, 6.07) is 12.9. The van der Waals surface area contributed by atoms with Gasteiger partial charge in [-0.2, -0.15) is 0 Å². The molecule has 6 heteroatoms. The lowest BCUT2D eigenvalue weighted by Crippen LogP contribution is -2.40. The summed E-state index contributed by atoms with van der Waals surface area (Å²) in [5.41, 5.74) is 3.81. The van der Waals surface area contributed by atoms with Crippen molar-refractivity contribution in [2.24, 2.45) is 4.99 Å². The fraction of sp³-hybridized carbons (Fsp3) is 0.455. The van der Waals surface area contributed by atoms with E-state index in [4.69, 9.17) is 4.74 Å². The quantitative estimate of drug-likeness (QED) is 0.616. The highest BCUT2D eigenvalue weighted by molar-refractivity contribution is 5.79. The largest absolute Gasteiger partial charge is 0.378 e. The maximum Gasteiger partial charge on any atom is 0.193 e. The number of pyridine rings is 1. The predicted octanol–water partition coefficient (Wildman–Crippen LogP) is 2.69. The molecule has 0 atom stereocenters. The maximum atomic E-state index is 5.47. The number of anilines is 1. The number of nitrogens with zero attached hydrogens (tertiary/aromatic N) is 4. The van der Waals surface area contributed by atoms with Crippen LogP contribution < -0.4 is 10.2 Å². The molecule has 1 fully saturated rings. The normalized spacial score (nSPS) is 14.8. The van der Waals surface area contributed by atoms with Gasteiger partial charge in [0.05, 0.1) is 13.2 Å². The lowest BCUT2D eigenvalue weighted by molar-refractivity contribution is 0.122. The van der Waals surface area contributed by atoms with Crippen LogP contribution >= 0.6 is 0 Å². The number of aromatic nitrogens is 1. The van der Waals surface area contributed by atoms with E-state index in [1.54, 1.807) is 0 Å². The molecule has 1 aromatic carbocycles. The summed E-state index contributed by atoms with van der Waals surface area (Å²) in [5.74, 6) is 1.91. The molecule has 0 spiro atoms. The van der Waals surface area contributed by atoms with Crippen LogP contribution in [0.15, 0.2) is 47.6 Å². The van der Waals surface area contributed by atoms with Gasteiger partial charge in [-0.1, -0.05) is 37.3 Å². The van der Waals surface area contributed by atoms with E-state index in [1.165, 1.54) is 16.7 Å². The van der Waals surface area contributed by atoms with E-state index in [0.29, 0.717) is 6.54 Å². The van der Waals surface area contributed by atoms with Crippen molar-refractivity contribution in [1.82, 2.24) is 15.2 Å². The van der Waals surface area contributed by atoms with Gasteiger partial charge in [-0.3, -0.25) is 4.99 Å². The fourth-order valence-electron chi connectivity index (χ4n) is 3.42. The Morgan fingerprint density at radius 3 is 2.57 bits per heavy atom. The van der Waals surface area contributed by atoms with Gasteiger partial charge in [0, 0.05) is 52.0 Å². The highest BCUT2D eigenvalue weighted by Crippen LogP contribution is 2.18. The first-order valence-electron chi connectivity index (χ1n) is 9.97. The van der Waals surface area contributed by atoms with Gasteiger partial charge in [-0.15, -0.1) is 0 Å². The molecule has 1 aliphatic rings. The Balaban J connectivity index is 1.62. The molecule has 0 saturated carbocycles. The average molecular weight is 382 g/mol. The van der Waals surface area contributed by atoms with Crippen molar-refractivity contribution in [2.45, 2.75) is 26.4 Å². The van der Waals surface area contributed by atoms with Crippen molar-refractivity contribution in [1.29, 1.82) is 0 Å². The number of morpholine rings is 1. The Morgan fingerprint density at radius 1 is 1.18 bits per heavy atom. The van der Waals surface area contributed by atoms with Crippen LogP contribution in [0.2, 0.25) is 0 Å². The molecule has 1 aliphatic heterocycles. The third-order valence-corrected chi connectivity index (χ3v) is 5.04. The minimum Gasteiger partial charge on any atom is -0.378 e. The number of aryl methyl sites for hydroxylation is 1. The smallest absolute Gasteiger partial charge is 0.193 e. The molecule has 3 rings (SSSR count). The summed E-state index contributed by atoms with van der Waals surface area (Å²) in [6.45, 7) is 6.95. The molecule has 1 aromatic heterocycles. The molecule has 2 aromatic rings. The summed E-state index contributed by atoms with van der Waals surface area (Å²) < 4.78 is 5.47. The second-order valence-electron chi connectivity index (χ2n) is 7.01. The first-order valence-corrected chi connectivity index (χ1v) is 9.97. The summed E-state index contributed by atoms with van der Waals surface area (Å²) >= 11 is 0. The van der Waals surface area contributed by atoms with Crippen molar-refractivity contribution in [2.75, 3.05) is 45.3 Å². The second-order valence-corrected chi connectivity index (χ2v) is 7.01. The van der Waals surface area contributed by atoms with Gasteiger partial charge in [-0.25, -0.2) is 4.98 Å². The highest BCUT2D eigenvalue weighted by Gasteiger charge is 2.16. The van der Waals surface area contributed by atoms with Gasteiger partial charge in [0.2, 0.25) is 0 Å². The molecular weight excluding hydrogens is 350 g/mol. The van der Waals surface area contributed by atoms with Gasteiger partial charge >= 0.3 is 0 Å². The zero-order valence-electron chi connectivity index (χ0n) is 17.2. The van der Waals surface area contributed by atoms with Crippen LogP contribution in [0.1, 0.15) is 23.6 Å². The SMILES string of the molecule is CCc1ccc(CN(C)C(=NC)NCc2cccnc2N2CCOCC2)cc1. The molecular formula is C22H31N5O. The van der Waals surface area contributed by atoms with Crippen LogP contribution in [0.5, 0.6) is 0 Å². The van der Waals surface area contributed by atoms with Crippen LogP contribution in [0.25, 0.3) is 0 Å². The molecule has 6 nitrogen and oxygen atoms in total. The third kappa shape index (κ3) is 5.23. The third-order valence-electron chi connectivity index (χ3n) is 5.04. The first kappa shape index (κ1) is 20.1. The summed E-state index contributed by atoms with van der Waals surface area (Å²) in [7, 11) is 3.89. The predicted molar refractivity (Wildman–Crippen MR) is 115 cm³/mol. The summed E-state index contributed by atoms with van der Waals surface area (Å²) in [6.07, 6.45) is 2.92. The molecule has 1 N–H and O–H groups in total. The molecule has 0 radical (unpaired) electrons. The van der Waals surface area contributed by atoms with E-state index >= 15 is 0 Å². The monoisotopic (exact) mass is 381 g/mol. The number of ether oxygens (including phenoxy) is 1. The number of benzene rings is 1. The Hall–Kier alpha value is -2.60. The molecule has 2 heterocycles. The van der Waals surface area contributed by atoms with Crippen molar-refractivity contribution in [3.63, 3.8) is 0 Å². The molecule has 28 heavy (non-hydrogen) atoms. The van der Waals surface area contributed by atoms with Gasteiger partial charge in [0.15, 0.2) is 5.96 Å². The molecule has 1 saturated heterocycles. The van der Waals surface area contributed by atoms with Crippen molar-refractivity contribution < 1.29 is 4.74 Å². The minimum atomic E-state index is 0.687. The van der Waals surface area contributed by atoms with Crippen molar-refractivity contribution in [3.05, 3.63) is 59.3 Å². The van der Waals surface area contributed by atoms with E-state index in [0.717, 1.165) is 51.0 Å². The first-order chi connectivity index (χ1) is 13.7. The average Bonchev–Trinajstić information content (AvgIpc) is 2.75. The lowest BCUT2D eigenvalue weighted by atomic mass is 10.1. The fourth-order valence-corrected chi connectivity index (χ4v) is 3.42. The number of rotatable bonds is 6. The highest BCUT2D eigenvalue weighted by atomic mass is 16.5. The van der Waals surface area contributed by atoms with Gasteiger partial charge in [-0.05, 0) is 23.6 Å². The van der Waals surface area contributed by atoms with E-state index in [2.05, 4.69) is 69.4 Å². The van der Waals surface area contributed by atoms with E-state index < -0.39 is 0 Å². The summed E-state index contributed by atoms with van der Waals surface area (Å²) in [4.78, 5) is 13.5. The number of hydrogen-bond donors (Lipinski definition) is 1. The zero-order valence-corrected chi connectivity index (χ0v) is 17.2. The summed E-state index contributed by atoms with van der Waals surface area (Å²) in [5, 5.41) is 3.49. The van der Waals surface area contributed by atoms with E-state index in [-0.39, 0.29) is 0 Å². The number of nitrogens with one attached hydrogen (secondary N) is 1. The van der Waals surface area contributed by atoms with Crippen LogP contribution in [-0.2, 0) is 24.2 Å². The number of guanidine groups is 1. The topological polar surface area (TPSA) is 53.0 Å². The molecule has 0 amide bonds. The lowest BCUT2D eigenvalue weighted by Gasteiger charge is -2.30. The van der Waals surface area contributed by atoms with Crippen LogP contribution in [-0.4, -0.2) is 56.2 Å². The molecule has 150 valence electrons. The van der Waals surface area contributed by atoms with Crippen molar-refractivity contribution in [3.8, 4) is 0 Å². The second kappa shape index (κ2) is 10.1. The van der Waals surface area contributed by atoms with E-state index in [9.17, 15) is 0 Å². The Morgan fingerprint density at radius 2 is 1.89 bits per heavy atom.